The molecule has 0 amide bonds. The molecule has 0 bridgehead atoms. The van der Waals surface area contributed by atoms with Gasteiger partial charge >= 0.3 is 0 Å². The lowest BCUT2D eigenvalue weighted by atomic mass is 10.3. The molecule has 0 radical (unpaired) electrons. The fraction of sp³-hybridized carbons (Fsp3) is 0.182. The number of nitrogens with zero attached hydrogens (tertiary/aromatic N) is 3. The summed E-state index contributed by atoms with van der Waals surface area (Å²) in [7, 11) is 0. The Balaban J connectivity index is 1.99. The number of aromatic nitrogens is 3. The van der Waals surface area contributed by atoms with Crippen molar-refractivity contribution in [3.05, 3.63) is 48.2 Å². The van der Waals surface area contributed by atoms with Gasteiger partial charge in [-0.05, 0) is 25.1 Å². The van der Waals surface area contributed by atoms with E-state index in [1.165, 1.54) is 0 Å². The van der Waals surface area contributed by atoms with Crippen molar-refractivity contribution in [3.8, 4) is 0 Å². The fourth-order valence-electron chi connectivity index (χ4n) is 1.25. The summed E-state index contributed by atoms with van der Waals surface area (Å²) in [6, 6.07) is 7.71. The van der Waals surface area contributed by atoms with Gasteiger partial charge < -0.3 is 5.32 Å². The predicted molar refractivity (Wildman–Crippen MR) is 58.3 cm³/mol. The first-order chi connectivity index (χ1) is 7.34. The minimum Gasteiger partial charge on any atom is -0.364 e. The first kappa shape index (κ1) is 9.58. The third-order valence-electron chi connectivity index (χ3n) is 1.98. The van der Waals surface area contributed by atoms with Crippen molar-refractivity contribution < 1.29 is 0 Å². The van der Waals surface area contributed by atoms with E-state index < -0.39 is 0 Å². The van der Waals surface area contributed by atoms with E-state index >= 15 is 0 Å². The number of nitrogens with one attached hydrogen (secondary N) is 1. The Hall–Kier alpha value is -1.97. The minimum absolute atomic E-state index is 0.667. The number of pyridine rings is 1. The van der Waals surface area contributed by atoms with Gasteiger partial charge in [-0.25, -0.2) is 15.0 Å². The van der Waals surface area contributed by atoms with Crippen LogP contribution in [-0.2, 0) is 6.54 Å². The lowest BCUT2D eigenvalue weighted by Gasteiger charge is -2.04. The third kappa shape index (κ3) is 2.74. The SMILES string of the molecule is Cc1cc(CNc2ccccn2)ncn1. The van der Waals surface area contributed by atoms with Crippen LogP contribution in [0.1, 0.15) is 11.4 Å². The van der Waals surface area contributed by atoms with Crippen LogP contribution in [0.15, 0.2) is 36.8 Å². The van der Waals surface area contributed by atoms with Crippen LogP contribution in [-0.4, -0.2) is 15.0 Å². The molecule has 15 heavy (non-hydrogen) atoms. The second kappa shape index (κ2) is 4.50. The molecule has 2 rings (SSSR count). The summed E-state index contributed by atoms with van der Waals surface area (Å²) >= 11 is 0. The molecule has 76 valence electrons. The summed E-state index contributed by atoms with van der Waals surface area (Å²) in [6.07, 6.45) is 3.33. The van der Waals surface area contributed by atoms with Gasteiger partial charge in [-0.1, -0.05) is 6.07 Å². The first-order valence-electron chi connectivity index (χ1n) is 4.77. The van der Waals surface area contributed by atoms with Gasteiger partial charge in [-0.3, -0.25) is 0 Å². The molecule has 0 saturated carbocycles. The van der Waals surface area contributed by atoms with Gasteiger partial charge in [-0.2, -0.15) is 0 Å². The number of rotatable bonds is 3. The Labute approximate surface area is 88.4 Å². The zero-order chi connectivity index (χ0) is 10.5. The van der Waals surface area contributed by atoms with Crippen LogP contribution in [0.25, 0.3) is 0 Å². The van der Waals surface area contributed by atoms with Crippen molar-refractivity contribution in [1.29, 1.82) is 0 Å². The summed E-state index contributed by atoms with van der Waals surface area (Å²) in [5, 5.41) is 3.19. The molecule has 0 aromatic carbocycles. The lowest BCUT2D eigenvalue weighted by Crippen LogP contribution is -2.03. The zero-order valence-corrected chi connectivity index (χ0v) is 8.51. The van der Waals surface area contributed by atoms with E-state index in [2.05, 4.69) is 20.3 Å². The molecule has 0 spiro atoms. The number of hydrogen-bond donors (Lipinski definition) is 1. The summed E-state index contributed by atoms with van der Waals surface area (Å²) in [5.74, 6) is 0.855. The molecule has 0 aliphatic rings. The van der Waals surface area contributed by atoms with E-state index in [1.54, 1.807) is 12.5 Å². The van der Waals surface area contributed by atoms with Gasteiger partial charge in [0.25, 0.3) is 0 Å². The van der Waals surface area contributed by atoms with Crippen molar-refractivity contribution in [1.82, 2.24) is 15.0 Å². The molecule has 4 nitrogen and oxygen atoms in total. The van der Waals surface area contributed by atoms with Crippen LogP contribution in [0.2, 0.25) is 0 Å². The van der Waals surface area contributed by atoms with Gasteiger partial charge in [0.1, 0.15) is 12.1 Å². The summed E-state index contributed by atoms with van der Waals surface area (Å²) in [6.45, 7) is 2.62. The summed E-state index contributed by atoms with van der Waals surface area (Å²) in [5.41, 5.74) is 1.94. The molecule has 2 heterocycles. The highest BCUT2D eigenvalue weighted by Gasteiger charge is 1.96. The Morgan fingerprint density at radius 3 is 2.87 bits per heavy atom. The zero-order valence-electron chi connectivity index (χ0n) is 8.51. The van der Waals surface area contributed by atoms with Crippen LogP contribution in [0, 0.1) is 6.92 Å². The Bertz CT molecular complexity index is 428. The maximum atomic E-state index is 4.16. The number of aryl methyl sites for hydroxylation is 1. The van der Waals surface area contributed by atoms with E-state index in [-0.39, 0.29) is 0 Å². The van der Waals surface area contributed by atoms with E-state index in [4.69, 9.17) is 0 Å². The average molecular weight is 200 g/mol. The summed E-state index contributed by atoms with van der Waals surface area (Å²) < 4.78 is 0. The van der Waals surface area contributed by atoms with Gasteiger partial charge in [0, 0.05) is 11.9 Å². The Kier molecular flexibility index (Phi) is 2.88. The van der Waals surface area contributed by atoms with Crippen molar-refractivity contribution in [2.45, 2.75) is 13.5 Å². The molecule has 0 saturated heterocycles. The molecular weight excluding hydrogens is 188 g/mol. The highest BCUT2D eigenvalue weighted by atomic mass is 15.0. The van der Waals surface area contributed by atoms with E-state index in [1.807, 2.05) is 31.2 Å². The molecule has 0 aliphatic carbocycles. The molecule has 2 aromatic rings. The van der Waals surface area contributed by atoms with Crippen LogP contribution >= 0.6 is 0 Å². The minimum atomic E-state index is 0.667. The average Bonchev–Trinajstić information content (AvgIpc) is 2.28. The van der Waals surface area contributed by atoms with E-state index in [0.29, 0.717) is 6.54 Å². The molecule has 1 N–H and O–H groups in total. The third-order valence-corrected chi connectivity index (χ3v) is 1.98. The molecular formula is C11H12N4. The fourth-order valence-corrected chi connectivity index (χ4v) is 1.25. The Morgan fingerprint density at radius 1 is 1.20 bits per heavy atom. The molecule has 0 unspecified atom stereocenters. The summed E-state index contributed by atoms with van der Waals surface area (Å²) in [4.78, 5) is 12.4. The van der Waals surface area contributed by atoms with E-state index in [0.717, 1.165) is 17.2 Å². The highest BCUT2D eigenvalue weighted by molar-refractivity contribution is 5.33. The van der Waals surface area contributed by atoms with Crippen molar-refractivity contribution in [3.63, 3.8) is 0 Å². The van der Waals surface area contributed by atoms with Crippen LogP contribution in [0.3, 0.4) is 0 Å². The second-order valence-corrected chi connectivity index (χ2v) is 3.22. The maximum absolute atomic E-state index is 4.16. The van der Waals surface area contributed by atoms with Gasteiger partial charge in [0.15, 0.2) is 0 Å². The van der Waals surface area contributed by atoms with Crippen LogP contribution in [0.5, 0.6) is 0 Å². The van der Waals surface area contributed by atoms with Gasteiger partial charge in [-0.15, -0.1) is 0 Å². The van der Waals surface area contributed by atoms with Crippen LogP contribution in [0.4, 0.5) is 5.82 Å². The molecule has 0 aliphatic heterocycles. The van der Waals surface area contributed by atoms with Crippen molar-refractivity contribution in [2.24, 2.45) is 0 Å². The monoisotopic (exact) mass is 200 g/mol. The quantitative estimate of drug-likeness (QED) is 0.820. The Morgan fingerprint density at radius 2 is 2.13 bits per heavy atom. The largest absolute Gasteiger partial charge is 0.364 e. The normalized spacial score (nSPS) is 9.93. The van der Waals surface area contributed by atoms with Gasteiger partial charge in [0.05, 0.1) is 12.2 Å². The number of hydrogen-bond acceptors (Lipinski definition) is 4. The predicted octanol–water partition coefficient (Wildman–Crippen LogP) is 1.79. The highest BCUT2D eigenvalue weighted by Crippen LogP contribution is 2.03. The first-order valence-corrected chi connectivity index (χ1v) is 4.77. The molecule has 0 fully saturated rings. The van der Waals surface area contributed by atoms with Crippen LogP contribution < -0.4 is 5.32 Å². The standard InChI is InChI=1S/C11H12N4/c1-9-6-10(15-8-14-9)7-13-11-4-2-3-5-12-11/h2-6,8H,7H2,1H3,(H,12,13). The van der Waals surface area contributed by atoms with E-state index in [9.17, 15) is 0 Å². The molecule has 2 aromatic heterocycles. The smallest absolute Gasteiger partial charge is 0.126 e. The topological polar surface area (TPSA) is 50.7 Å². The molecule has 0 atom stereocenters. The van der Waals surface area contributed by atoms with Crippen molar-refractivity contribution in [2.75, 3.05) is 5.32 Å². The van der Waals surface area contributed by atoms with Crippen molar-refractivity contribution >= 4 is 5.82 Å². The number of anilines is 1. The van der Waals surface area contributed by atoms with Gasteiger partial charge in [0.2, 0.25) is 0 Å². The maximum Gasteiger partial charge on any atom is 0.126 e. The second-order valence-electron chi connectivity index (χ2n) is 3.22. The molecule has 4 heteroatoms. The lowest BCUT2D eigenvalue weighted by molar-refractivity contribution is 0.975.